The third kappa shape index (κ3) is 2.98. The lowest BCUT2D eigenvalue weighted by Crippen LogP contribution is -2.38. The van der Waals surface area contributed by atoms with Gasteiger partial charge >= 0.3 is 0 Å². The lowest BCUT2D eigenvalue weighted by Gasteiger charge is -2.47. The molecule has 0 fully saturated rings. The van der Waals surface area contributed by atoms with E-state index in [4.69, 9.17) is 0 Å². The quantitative estimate of drug-likeness (QED) is 0.510. The van der Waals surface area contributed by atoms with E-state index in [2.05, 4.69) is 48.5 Å². The summed E-state index contributed by atoms with van der Waals surface area (Å²) >= 11 is 0. The fraction of sp³-hybridized carbons (Fsp3) is 1.00. The topological polar surface area (TPSA) is 0 Å². The highest BCUT2D eigenvalue weighted by molar-refractivity contribution is 4.90. The van der Waals surface area contributed by atoms with E-state index in [1.165, 1.54) is 32.1 Å². The second-order valence-electron chi connectivity index (χ2n) is 5.68. The van der Waals surface area contributed by atoms with Gasteiger partial charge in [-0.3, -0.25) is 0 Å². The minimum absolute atomic E-state index is 0.537. The Hall–Kier alpha value is 0. The first-order chi connectivity index (χ1) is 6.94. The molecule has 0 unspecified atom stereocenters. The highest BCUT2D eigenvalue weighted by atomic mass is 14.5. The molecule has 0 rings (SSSR count). The lowest BCUT2D eigenvalue weighted by atomic mass is 9.58. The van der Waals surface area contributed by atoms with Crippen LogP contribution in [-0.4, -0.2) is 0 Å². The van der Waals surface area contributed by atoms with Crippen LogP contribution in [0.3, 0.4) is 0 Å². The maximum Gasteiger partial charge on any atom is -0.0298 e. The standard InChI is InChI=1S/C15H32/c1-8-13(14(6,9-2)10-3)15(7,11-4)12-5/h13H,8-12H2,1-7H3. The highest BCUT2D eigenvalue weighted by Crippen LogP contribution is 2.50. The summed E-state index contributed by atoms with van der Waals surface area (Å²) in [4.78, 5) is 0. The molecular formula is C15H32. The molecular weight excluding hydrogens is 180 g/mol. The third-order valence-corrected chi connectivity index (χ3v) is 5.32. The monoisotopic (exact) mass is 212 g/mol. The van der Waals surface area contributed by atoms with Crippen molar-refractivity contribution < 1.29 is 0 Å². The van der Waals surface area contributed by atoms with Crippen LogP contribution in [0.2, 0.25) is 0 Å². The van der Waals surface area contributed by atoms with E-state index >= 15 is 0 Å². The van der Waals surface area contributed by atoms with Crippen LogP contribution < -0.4 is 0 Å². The van der Waals surface area contributed by atoms with Gasteiger partial charge in [-0.05, 0) is 16.7 Å². The molecule has 0 amide bonds. The smallest absolute Gasteiger partial charge is 0.0298 e. The average Bonchev–Trinajstić information content (AvgIpc) is 2.29. The molecule has 0 heteroatoms. The Kier molecular flexibility index (Phi) is 5.92. The fourth-order valence-corrected chi connectivity index (χ4v) is 3.31. The summed E-state index contributed by atoms with van der Waals surface area (Å²) in [5.41, 5.74) is 1.07. The summed E-state index contributed by atoms with van der Waals surface area (Å²) in [7, 11) is 0. The van der Waals surface area contributed by atoms with Gasteiger partial charge in [0.05, 0.1) is 0 Å². The molecule has 0 aliphatic heterocycles. The molecule has 0 spiro atoms. The van der Waals surface area contributed by atoms with Crippen molar-refractivity contribution in [2.45, 2.75) is 80.6 Å². The van der Waals surface area contributed by atoms with Crippen LogP contribution in [0.1, 0.15) is 80.6 Å². The van der Waals surface area contributed by atoms with E-state index in [1.807, 2.05) is 0 Å². The molecule has 0 atom stereocenters. The van der Waals surface area contributed by atoms with Gasteiger partial charge < -0.3 is 0 Å². The van der Waals surface area contributed by atoms with Gasteiger partial charge in [-0.25, -0.2) is 0 Å². The fourth-order valence-electron chi connectivity index (χ4n) is 3.31. The van der Waals surface area contributed by atoms with Gasteiger partial charge in [0.15, 0.2) is 0 Å². The Morgan fingerprint density at radius 3 is 1.07 bits per heavy atom. The Bertz CT molecular complexity index is 143. The third-order valence-electron chi connectivity index (χ3n) is 5.32. The van der Waals surface area contributed by atoms with E-state index in [-0.39, 0.29) is 0 Å². The zero-order chi connectivity index (χ0) is 12.1. The van der Waals surface area contributed by atoms with Gasteiger partial charge in [0.1, 0.15) is 0 Å². The van der Waals surface area contributed by atoms with Crippen LogP contribution >= 0.6 is 0 Å². The van der Waals surface area contributed by atoms with Gasteiger partial charge in [-0.1, -0.05) is 80.6 Å². The Morgan fingerprint density at radius 2 is 0.933 bits per heavy atom. The van der Waals surface area contributed by atoms with E-state index in [9.17, 15) is 0 Å². The largest absolute Gasteiger partial charge is 0.0651 e. The lowest BCUT2D eigenvalue weighted by molar-refractivity contribution is 0.0273. The predicted molar refractivity (Wildman–Crippen MR) is 71.2 cm³/mol. The molecule has 0 saturated carbocycles. The first kappa shape index (κ1) is 15.0. The van der Waals surface area contributed by atoms with Gasteiger partial charge in [0, 0.05) is 0 Å². The molecule has 0 radical (unpaired) electrons. The van der Waals surface area contributed by atoms with Crippen molar-refractivity contribution >= 4 is 0 Å². The van der Waals surface area contributed by atoms with Crippen molar-refractivity contribution in [2.24, 2.45) is 16.7 Å². The minimum atomic E-state index is 0.537. The van der Waals surface area contributed by atoms with Crippen molar-refractivity contribution in [3.05, 3.63) is 0 Å². The van der Waals surface area contributed by atoms with Gasteiger partial charge in [-0.15, -0.1) is 0 Å². The van der Waals surface area contributed by atoms with Crippen molar-refractivity contribution in [2.75, 3.05) is 0 Å². The van der Waals surface area contributed by atoms with Crippen molar-refractivity contribution in [1.82, 2.24) is 0 Å². The SMILES string of the molecule is CCC(C(C)(CC)CC)C(C)(CC)CC. The number of hydrogen-bond donors (Lipinski definition) is 0. The summed E-state index contributed by atoms with van der Waals surface area (Å²) in [6.45, 7) is 16.8. The molecule has 0 aliphatic rings. The second kappa shape index (κ2) is 5.92. The maximum absolute atomic E-state index is 2.49. The van der Waals surface area contributed by atoms with Gasteiger partial charge in [0.25, 0.3) is 0 Å². The van der Waals surface area contributed by atoms with E-state index in [1.54, 1.807) is 0 Å². The molecule has 0 aromatic rings. The number of hydrogen-bond acceptors (Lipinski definition) is 0. The van der Waals surface area contributed by atoms with Crippen LogP contribution in [-0.2, 0) is 0 Å². The summed E-state index contributed by atoms with van der Waals surface area (Å²) < 4.78 is 0. The minimum Gasteiger partial charge on any atom is -0.0651 e. The highest BCUT2D eigenvalue weighted by Gasteiger charge is 2.40. The van der Waals surface area contributed by atoms with Crippen LogP contribution in [0.25, 0.3) is 0 Å². The average molecular weight is 212 g/mol. The molecule has 0 bridgehead atoms. The Labute approximate surface area is 97.8 Å². The van der Waals surface area contributed by atoms with Crippen molar-refractivity contribution in [3.8, 4) is 0 Å². The molecule has 0 nitrogen and oxygen atoms in total. The zero-order valence-electron chi connectivity index (χ0n) is 12.1. The zero-order valence-corrected chi connectivity index (χ0v) is 12.1. The van der Waals surface area contributed by atoms with Crippen LogP contribution in [0.5, 0.6) is 0 Å². The molecule has 0 aromatic carbocycles. The van der Waals surface area contributed by atoms with Crippen LogP contribution in [0.15, 0.2) is 0 Å². The Balaban J connectivity index is 5.02. The molecule has 0 N–H and O–H groups in total. The normalized spacial score (nSPS) is 13.6. The van der Waals surface area contributed by atoms with Gasteiger partial charge in [0.2, 0.25) is 0 Å². The summed E-state index contributed by atoms with van der Waals surface area (Å²) in [5.74, 6) is 0.870. The first-order valence-corrected chi connectivity index (χ1v) is 6.94. The summed E-state index contributed by atoms with van der Waals surface area (Å²) in [5, 5.41) is 0. The maximum atomic E-state index is 2.49. The summed E-state index contributed by atoms with van der Waals surface area (Å²) in [6, 6.07) is 0. The molecule has 15 heavy (non-hydrogen) atoms. The molecule has 0 saturated heterocycles. The van der Waals surface area contributed by atoms with Crippen molar-refractivity contribution in [3.63, 3.8) is 0 Å². The van der Waals surface area contributed by atoms with Crippen LogP contribution in [0.4, 0.5) is 0 Å². The molecule has 0 heterocycles. The Morgan fingerprint density at radius 1 is 0.667 bits per heavy atom. The number of rotatable bonds is 7. The molecule has 0 aliphatic carbocycles. The van der Waals surface area contributed by atoms with Crippen molar-refractivity contribution in [1.29, 1.82) is 0 Å². The first-order valence-electron chi connectivity index (χ1n) is 6.94. The van der Waals surface area contributed by atoms with Crippen LogP contribution in [0, 0.1) is 16.7 Å². The second-order valence-corrected chi connectivity index (χ2v) is 5.68. The molecule has 92 valence electrons. The van der Waals surface area contributed by atoms with E-state index in [0.29, 0.717) is 10.8 Å². The summed E-state index contributed by atoms with van der Waals surface area (Å²) in [6.07, 6.45) is 6.60. The van der Waals surface area contributed by atoms with E-state index < -0.39 is 0 Å². The van der Waals surface area contributed by atoms with E-state index in [0.717, 1.165) is 5.92 Å². The van der Waals surface area contributed by atoms with Gasteiger partial charge in [-0.2, -0.15) is 0 Å². The molecule has 0 aromatic heterocycles. The predicted octanol–water partition coefficient (Wildman–Crippen LogP) is 5.67.